The van der Waals surface area contributed by atoms with Crippen LogP contribution in [0.2, 0.25) is 0 Å². The van der Waals surface area contributed by atoms with Crippen LogP contribution in [0.3, 0.4) is 0 Å². The maximum absolute atomic E-state index is 12.9. The van der Waals surface area contributed by atoms with Crippen molar-refractivity contribution in [2.45, 2.75) is 17.7 Å². The van der Waals surface area contributed by atoms with Gasteiger partial charge in [-0.05, 0) is 48.2 Å². The van der Waals surface area contributed by atoms with Gasteiger partial charge >= 0.3 is 6.36 Å². The van der Waals surface area contributed by atoms with Crippen molar-refractivity contribution < 1.29 is 31.1 Å². The predicted molar refractivity (Wildman–Crippen MR) is 112 cm³/mol. The van der Waals surface area contributed by atoms with Crippen LogP contribution in [0.4, 0.5) is 13.2 Å². The van der Waals surface area contributed by atoms with E-state index < -0.39 is 22.1 Å². The molecule has 6 nitrogen and oxygen atoms in total. The Bertz CT molecular complexity index is 1160. The maximum atomic E-state index is 12.9. The van der Waals surface area contributed by atoms with E-state index in [1.165, 1.54) is 15.6 Å². The Morgan fingerprint density at radius 3 is 2.42 bits per heavy atom. The molecule has 0 N–H and O–H groups in total. The summed E-state index contributed by atoms with van der Waals surface area (Å²) in [5.74, 6) is -0.615. The van der Waals surface area contributed by atoms with Crippen molar-refractivity contribution in [1.29, 1.82) is 0 Å². The van der Waals surface area contributed by atoms with Gasteiger partial charge in [0.2, 0.25) is 10.0 Å². The van der Waals surface area contributed by atoms with Gasteiger partial charge in [-0.15, -0.1) is 35.8 Å². The molecule has 0 saturated carbocycles. The first-order chi connectivity index (χ1) is 14.6. The number of alkyl halides is 3. The summed E-state index contributed by atoms with van der Waals surface area (Å²) < 4.78 is 69.9. The number of hydrogen-bond donors (Lipinski definition) is 0. The van der Waals surface area contributed by atoms with Crippen molar-refractivity contribution in [3.05, 3.63) is 46.7 Å². The van der Waals surface area contributed by atoms with Crippen LogP contribution in [-0.2, 0) is 10.0 Å². The number of carbonyl (C=O) groups is 1. The molecule has 0 atom stereocenters. The molecular weight excluding hydrogens is 473 g/mol. The summed E-state index contributed by atoms with van der Waals surface area (Å²) in [4.78, 5) is 15.0. The molecule has 3 aromatic rings. The molecule has 0 unspecified atom stereocenters. The van der Waals surface area contributed by atoms with Gasteiger partial charge in [0.1, 0.15) is 5.75 Å². The molecule has 2 aromatic heterocycles. The molecule has 31 heavy (non-hydrogen) atoms. The molecule has 1 saturated heterocycles. The summed E-state index contributed by atoms with van der Waals surface area (Å²) in [5, 5.41) is 1.96. The minimum atomic E-state index is -4.85. The lowest BCUT2D eigenvalue weighted by molar-refractivity contribution is -0.274. The molecule has 166 valence electrons. The minimum Gasteiger partial charge on any atom is -0.406 e. The van der Waals surface area contributed by atoms with Crippen molar-refractivity contribution in [2.75, 3.05) is 26.2 Å². The number of thiophene rings is 2. The van der Waals surface area contributed by atoms with Crippen LogP contribution in [0.1, 0.15) is 16.1 Å². The molecule has 0 spiro atoms. The van der Waals surface area contributed by atoms with E-state index in [-0.39, 0.29) is 30.4 Å². The lowest BCUT2D eigenvalue weighted by Crippen LogP contribution is -2.37. The Kier molecular flexibility index (Phi) is 5.99. The Labute approximate surface area is 184 Å². The fraction of sp³-hybridized carbons (Fsp3) is 0.316. The van der Waals surface area contributed by atoms with Gasteiger partial charge in [-0.25, -0.2) is 8.42 Å². The third-order valence-electron chi connectivity index (χ3n) is 4.79. The van der Waals surface area contributed by atoms with Gasteiger partial charge in [0.25, 0.3) is 5.91 Å². The van der Waals surface area contributed by atoms with Crippen molar-refractivity contribution >= 4 is 48.0 Å². The molecule has 0 radical (unpaired) electrons. The Morgan fingerprint density at radius 2 is 1.74 bits per heavy atom. The van der Waals surface area contributed by atoms with Crippen LogP contribution in [0.25, 0.3) is 9.40 Å². The number of amides is 1. The fourth-order valence-electron chi connectivity index (χ4n) is 3.33. The lowest BCUT2D eigenvalue weighted by atomic mass is 10.3. The Balaban J connectivity index is 1.44. The molecule has 1 aliphatic rings. The molecule has 0 bridgehead atoms. The van der Waals surface area contributed by atoms with E-state index in [1.54, 1.807) is 16.2 Å². The molecule has 1 aliphatic heterocycles. The molecule has 0 aliphatic carbocycles. The lowest BCUT2D eigenvalue weighted by Gasteiger charge is -2.21. The van der Waals surface area contributed by atoms with E-state index in [9.17, 15) is 26.4 Å². The van der Waals surface area contributed by atoms with Gasteiger partial charge in [0.05, 0.1) is 9.77 Å². The number of ether oxygens (including phenoxy) is 1. The number of rotatable bonds is 4. The van der Waals surface area contributed by atoms with E-state index in [4.69, 9.17) is 0 Å². The summed E-state index contributed by atoms with van der Waals surface area (Å²) in [6.07, 6.45) is -4.39. The largest absolute Gasteiger partial charge is 0.573 e. The van der Waals surface area contributed by atoms with Crippen molar-refractivity contribution in [1.82, 2.24) is 9.21 Å². The van der Waals surface area contributed by atoms with Crippen LogP contribution in [0.15, 0.2) is 46.7 Å². The van der Waals surface area contributed by atoms with E-state index >= 15 is 0 Å². The average molecular weight is 491 g/mol. The standard InChI is InChI=1S/C19H17F3N2O4S3/c20-19(21,22)28-13-2-4-14(5-3-13)31(26,27)24-8-1-7-23(9-10-24)18(25)17-12-16-15(30-17)6-11-29-16/h2-6,11-12H,1,7-10H2. The van der Waals surface area contributed by atoms with Crippen LogP contribution in [-0.4, -0.2) is 56.1 Å². The predicted octanol–water partition coefficient (Wildman–Crippen LogP) is 4.40. The van der Waals surface area contributed by atoms with Gasteiger partial charge in [-0.2, -0.15) is 4.31 Å². The normalized spacial score (nSPS) is 16.4. The summed E-state index contributed by atoms with van der Waals surface area (Å²) in [6.45, 7) is 0.981. The number of carbonyl (C=O) groups excluding carboxylic acids is 1. The van der Waals surface area contributed by atoms with Crippen LogP contribution >= 0.6 is 22.7 Å². The number of benzene rings is 1. The molecule has 1 aromatic carbocycles. The van der Waals surface area contributed by atoms with Gasteiger partial charge in [0, 0.05) is 35.6 Å². The number of fused-ring (bicyclic) bond motifs is 1. The highest BCUT2D eigenvalue weighted by Crippen LogP contribution is 2.31. The fourth-order valence-corrected chi connectivity index (χ4v) is 6.87. The second kappa shape index (κ2) is 8.41. The van der Waals surface area contributed by atoms with Crippen LogP contribution in [0, 0.1) is 0 Å². The van der Waals surface area contributed by atoms with Crippen molar-refractivity contribution in [3.8, 4) is 5.75 Å². The average Bonchev–Trinajstić information content (AvgIpc) is 3.20. The first-order valence-corrected chi connectivity index (χ1v) is 12.4. The third-order valence-corrected chi connectivity index (χ3v) is 8.78. The summed E-state index contributed by atoms with van der Waals surface area (Å²) >= 11 is 2.98. The van der Waals surface area contributed by atoms with E-state index in [0.717, 1.165) is 33.7 Å². The van der Waals surface area contributed by atoms with E-state index in [1.807, 2.05) is 17.5 Å². The molecule has 12 heteroatoms. The van der Waals surface area contributed by atoms with Gasteiger partial charge in [-0.3, -0.25) is 4.79 Å². The summed E-state index contributed by atoms with van der Waals surface area (Å²) in [5.41, 5.74) is 0. The van der Waals surface area contributed by atoms with Crippen molar-refractivity contribution in [2.24, 2.45) is 0 Å². The van der Waals surface area contributed by atoms with Gasteiger partial charge in [-0.1, -0.05) is 0 Å². The first-order valence-electron chi connectivity index (χ1n) is 9.26. The van der Waals surface area contributed by atoms with Crippen LogP contribution in [0.5, 0.6) is 5.75 Å². The number of nitrogens with zero attached hydrogens (tertiary/aromatic N) is 2. The molecule has 1 amide bonds. The molecular formula is C19H17F3N2O4S3. The van der Waals surface area contributed by atoms with Gasteiger partial charge in [0.15, 0.2) is 0 Å². The monoisotopic (exact) mass is 490 g/mol. The zero-order valence-corrected chi connectivity index (χ0v) is 18.4. The maximum Gasteiger partial charge on any atom is 0.573 e. The summed E-state index contributed by atoms with van der Waals surface area (Å²) in [7, 11) is -3.91. The zero-order valence-electron chi connectivity index (χ0n) is 16.0. The number of hydrogen-bond acceptors (Lipinski definition) is 6. The number of halogens is 3. The Hall–Kier alpha value is -2.15. The highest BCUT2D eigenvalue weighted by molar-refractivity contribution is 7.89. The second-order valence-electron chi connectivity index (χ2n) is 6.83. The van der Waals surface area contributed by atoms with Crippen molar-refractivity contribution in [3.63, 3.8) is 0 Å². The Morgan fingerprint density at radius 1 is 1.00 bits per heavy atom. The zero-order chi connectivity index (χ0) is 22.2. The number of sulfonamides is 1. The topological polar surface area (TPSA) is 66.9 Å². The highest BCUT2D eigenvalue weighted by Gasteiger charge is 2.32. The van der Waals surface area contributed by atoms with Gasteiger partial charge < -0.3 is 9.64 Å². The van der Waals surface area contributed by atoms with Crippen LogP contribution < -0.4 is 4.74 Å². The highest BCUT2D eigenvalue weighted by atomic mass is 32.2. The van der Waals surface area contributed by atoms with E-state index in [0.29, 0.717) is 17.8 Å². The summed E-state index contributed by atoms with van der Waals surface area (Å²) in [6, 6.07) is 7.93. The smallest absolute Gasteiger partial charge is 0.406 e. The third kappa shape index (κ3) is 4.86. The minimum absolute atomic E-state index is 0.106. The molecule has 1 fully saturated rings. The quantitative estimate of drug-likeness (QED) is 0.544. The second-order valence-corrected chi connectivity index (χ2v) is 10.8. The first kappa shape index (κ1) is 22.1. The molecule has 3 heterocycles. The molecule has 4 rings (SSSR count). The van der Waals surface area contributed by atoms with E-state index in [2.05, 4.69) is 4.74 Å². The SMILES string of the molecule is O=C(c1cc2sccc2s1)N1CCCN(S(=O)(=O)c2ccc(OC(F)(F)F)cc2)CC1.